The van der Waals surface area contributed by atoms with Crippen molar-refractivity contribution in [3.63, 3.8) is 0 Å². The Morgan fingerprint density at radius 3 is 2.75 bits per heavy atom. The summed E-state index contributed by atoms with van der Waals surface area (Å²) in [7, 11) is 0. The highest BCUT2D eigenvalue weighted by molar-refractivity contribution is 6.33. The number of aromatic nitrogens is 1. The number of alkyl halides is 2. The van der Waals surface area contributed by atoms with Gasteiger partial charge in [-0.3, -0.25) is 0 Å². The molecule has 2 aromatic carbocycles. The molecular formula is C24H25ClF2N2O3. The molecule has 4 rings (SSSR count). The fourth-order valence-electron chi connectivity index (χ4n) is 4.43. The number of likely N-dealkylation sites (tertiary alicyclic amines) is 1. The molecule has 5 nitrogen and oxygen atoms in total. The number of ether oxygens (including phenoxy) is 1. The smallest absolute Gasteiger partial charge is 0.335 e. The molecule has 170 valence electrons. The lowest BCUT2D eigenvalue weighted by Crippen LogP contribution is -2.44. The number of H-pyrrole nitrogens is 1. The maximum atomic E-state index is 12.8. The molecule has 3 aromatic rings. The molecular weight excluding hydrogens is 438 g/mol. The lowest BCUT2D eigenvalue weighted by atomic mass is 9.87. The van der Waals surface area contributed by atoms with Crippen LogP contribution < -0.4 is 4.74 Å². The van der Waals surface area contributed by atoms with E-state index in [9.17, 15) is 18.7 Å². The highest BCUT2D eigenvalue weighted by Gasteiger charge is 2.33. The van der Waals surface area contributed by atoms with Gasteiger partial charge in [0.25, 0.3) is 0 Å². The first kappa shape index (κ1) is 22.6. The van der Waals surface area contributed by atoms with Crippen molar-refractivity contribution in [2.75, 3.05) is 19.6 Å². The van der Waals surface area contributed by atoms with Crippen LogP contribution in [0.4, 0.5) is 8.78 Å². The molecule has 0 aliphatic carbocycles. The SMILES string of the molecule is Cc1cc(Cl)c(O[C@@H]2CCN(CCC(F)F)C[C@H]2c2ccc(C(=O)O)cc2)c2cc[nH]c12. The van der Waals surface area contributed by atoms with Crippen LogP contribution in [0.1, 0.15) is 40.2 Å². The molecule has 0 spiro atoms. The summed E-state index contributed by atoms with van der Waals surface area (Å²) in [5.74, 6) is -0.504. The molecule has 1 aromatic heterocycles. The topological polar surface area (TPSA) is 65.6 Å². The van der Waals surface area contributed by atoms with E-state index < -0.39 is 12.4 Å². The van der Waals surface area contributed by atoms with Crippen molar-refractivity contribution in [3.8, 4) is 5.75 Å². The van der Waals surface area contributed by atoms with Gasteiger partial charge in [0.2, 0.25) is 6.43 Å². The van der Waals surface area contributed by atoms with Crippen LogP contribution >= 0.6 is 11.6 Å². The number of carboxylic acid groups (broad SMARTS) is 1. The van der Waals surface area contributed by atoms with Crippen LogP contribution in [0.25, 0.3) is 10.9 Å². The maximum absolute atomic E-state index is 12.8. The number of hydrogen-bond acceptors (Lipinski definition) is 3. The van der Waals surface area contributed by atoms with Gasteiger partial charge in [0.1, 0.15) is 11.9 Å². The number of rotatable bonds is 7. The summed E-state index contributed by atoms with van der Waals surface area (Å²) in [6.07, 6.45) is -0.262. The molecule has 32 heavy (non-hydrogen) atoms. The predicted octanol–water partition coefficient (Wildman–Crippen LogP) is 5.72. The summed E-state index contributed by atoms with van der Waals surface area (Å²) in [5, 5.41) is 10.6. The van der Waals surface area contributed by atoms with Gasteiger partial charge in [-0.2, -0.15) is 0 Å². The Hall–Kier alpha value is -2.64. The van der Waals surface area contributed by atoms with Crippen molar-refractivity contribution in [1.82, 2.24) is 9.88 Å². The summed E-state index contributed by atoms with van der Waals surface area (Å²) in [6.45, 7) is 3.47. The van der Waals surface area contributed by atoms with Gasteiger partial charge in [-0.05, 0) is 48.7 Å². The standard InChI is InChI=1S/C24H25ClF2N2O3/c1-14-12-19(25)23(17-6-9-28-22(14)17)32-20-7-10-29(11-8-21(26)27)13-18(20)15-2-4-16(5-3-15)24(30)31/h2-6,9,12,18,20-21,28H,7-8,10-11,13H2,1H3,(H,30,31)/t18-,20+/m0/s1. The van der Waals surface area contributed by atoms with Crippen molar-refractivity contribution in [2.24, 2.45) is 0 Å². The van der Waals surface area contributed by atoms with Crippen LogP contribution in [-0.2, 0) is 0 Å². The zero-order valence-electron chi connectivity index (χ0n) is 17.7. The van der Waals surface area contributed by atoms with Crippen molar-refractivity contribution in [3.05, 3.63) is 64.3 Å². The van der Waals surface area contributed by atoms with Crippen LogP contribution in [-0.4, -0.2) is 53.1 Å². The first-order valence-electron chi connectivity index (χ1n) is 10.6. The summed E-state index contributed by atoms with van der Waals surface area (Å²) in [6, 6.07) is 10.5. The number of hydrogen-bond donors (Lipinski definition) is 2. The minimum Gasteiger partial charge on any atom is -0.487 e. The first-order valence-corrected chi connectivity index (χ1v) is 11.0. The third kappa shape index (κ3) is 4.74. The quantitative estimate of drug-likeness (QED) is 0.471. The zero-order chi connectivity index (χ0) is 22.8. The Morgan fingerprint density at radius 1 is 1.31 bits per heavy atom. The summed E-state index contributed by atoms with van der Waals surface area (Å²) >= 11 is 6.55. The lowest BCUT2D eigenvalue weighted by Gasteiger charge is -2.39. The van der Waals surface area contributed by atoms with E-state index in [1.54, 1.807) is 24.3 Å². The number of benzene rings is 2. The average Bonchev–Trinajstić information content (AvgIpc) is 3.26. The molecule has 0 unspecified atom stereocenters. The fraction of sp³-hybridized carbons (Fsp3) is 0.375. The second kappa shape index (κ2) is 9.46. The highest BCUT2D eigenvalue weighted by Crippen LogP contribution is 2.39. The number of carbonyl (C=O) groups is 1. The summed E-state index contributed by atoms with van der Waals surface area (Å²) < 4.78 is 32.0. The predicted molar refractivity (Wildman–Crippen MR) is 120 cm³/mol. The van der Waals surface area contributed by atoms with Gasteiger partial charge in [-0.1, -0.05) is 23.7 Å². The number of nitrogens with one attached hydrogen (secondary N) is 1. The molecule has 1 fully saturated rings. The van der Waals surface area contributed by atoms with Gasteiger partial charge in [0.15, 0.2) is 0 Å². The van der Waals surface area contributed by atoms with Gasteiger partial charge >= 0.3 is 5.97 Å². The van der Waals surface area contributed by atoms with E-state index in [2.05, 4.69) is 4.98 Å². The van der Waals surface area contributed by atoms with Crippen molar-refractivity contribution < 1.29 is 23.4 Å². The highest BCUT2D eigenvalue weighted by atomic mass is 35.5. The summed E-state index contributed by atoms with van der Waals surface area (Å²) in [4.78, 5) is 16.5. The number of carboxylic acids is 1. The zero-order valence-corrected chi connectivity index (χ0v) is 18.4. The molecule has 1 aliphatic rings. The van der Waals surface area contributed by atoms with E-state index in [4.69, 9.17) is 16.3 Å². The van der Waals surface area contributed by atoms with E-state index in [0.717, 1.165) is 22.0 Å². The molecule has 0 amide bonds. The Labute approximate surface area is 189 Å². The van der Waals surface area contributed by atoms with E-state index >= 15 is 0 Å². The third-order valence-corrected chi connectivity index (χ3v) is 6.38. The van der Waals surface area contributed by atoms with Crippen LogP contribution in [0.3, 0.4) is 0 Å². The number of nitrogens with zero attached hydrogens (tertiary/aromatic N) is 1. The Kier molecular flexibility index (Phi) is 6.67. The average molecular weight is 463 g/mol. The number of fused-ring (bicyclic) bond motifs is 1. The van der Waals surface area contributed by atoms with Crippen LogP contribution in [0.5, 0.6) is 5.75 Å². The van der Waals surface area contributed by atoms with Gasteiger partial charge < -0.3 is 19.7 Å². The molecule has 2 N–H and O–H groups in total. The monoisotopic (exact) mass is 462 g/mol. The largest absolute Gasteiger partial charge is 0.487 e. The Balaban J connectivity index is 1.63. The second-order valence-electron chi connectivity index (χ2n) is 8.23. The van der Waals surface area contributed by atoms with E-state index in [1.165, 1.54) is 0 Å². The molecule has 2 atom stereocenters. The molecule has 2 heterocycles. The van der Waals surface area contributed by atoms with Gasteiger partial charge in [0.05, 0.1) is 16.1 Å². The molecule has 0 saturated carbocycles. The van der Waals surface area contributed by atoms with E-state index in [0.29, 0.717) is 36.8 Å². The summed E-state index contributed by atoms with van der Waals surface area (Å²) in [5.41, 5.74) is 3.09. The fourth-order valence-corrected chi connectivity index (χ4v) is 4.74. The van der Waals surface area contributed by atoms with Crippen LogP contribution in [0, 0.1) is 6.92 Å². The van der Waals surface area contributed by atoms with Gasteiger partial charge in [0, 0.05) is 43.6 Å². The number of aromatic carboxylic acids is 1. The number of aromatic amines is 1. The minimum absolute atomic E-state index is 0.115. The van der Waals surface area contributed by atoms with Gasteiger partial charge in [-0.15, -0.1) is 0 Å². The van der Waals surface area contributed by atoms with Crippen LogP contribution in [0.2, 0.25) is 5.02 Å². The molecule has 1 aliphatic heterocycles. The number of piperidine rings is 1. The third-order valence-electron chi connectivity index (χ3n) is 6.10. The number of aryl methyl sites for hydroxylation is 1. The maximum Gasteiger partial charge on any atom is 0.335 e. The minimum atomic E-state index is -2.34. The van der Waals surface area contributed by atoms with Crippen molar-refractivity contribution >= 4 is 28.5 Å². The normalized spacial score (nSPS) is 19.5. The lowest BCUT2D eigenvalue weighted by molar-refractivity contribution is 0.0615. The molecule has 0 radical (unpaired) electrons. The molecule has 8 heteroatoms. The van der Waals surface area contributed by atoms with Crippen LogP contribution in [0.15, 0.2) is 42.6 Å². The van der Waals surface area contributed by atoms with E-state index in [-0.39, 0.29) is 24.0 Å². The molecule has 0 bridgehead atoms. The van der Waals surface area contributed by atoms with Gasteiger partial charge in [-0.25, -0.2) is 13.6 Å². The number of halogens is 3. The van der Waals surface area contributed by atoms with E-state index in [1.807, 2.05) is 30.2 Å². The Morgan fingerprint density at radius 2 is 2.06 bits per heavy atom. The van der Waals surface area contributed by atoms with Crippen molar-refractivity contribution in [2.45, 2.75) is 38.2 Å². The second-order valence-corrected chi connectivity index (χ2v) is 8.64. The Bertz CT molecular complexity index is 1100. The molecule has 1 saturated heterocycles. The first-order chi connectivity index (χ1) is 15.3. The van der Waals surface area contributed by atoms with Crippen molar-refractivity contribution in [1.29, 1.82) is 0 Å².